The molecule has 2 aliphatic rings. The van der Waals surface area contributed by atoms with Gasteiger partial charge in [-0.05, 0) is 98.3 Å². The normalized spacial score (nSPS) is 19.4. The van der Waals surface area contributed by atoms with Crippen LogP contribution in [0.25, 0.3) is 21.9 Å². The average Bonchev–Trinajstić information content (AvgIpc) is 3.64. The molecule has 11 nitrogen and oxygen atoms in total. The number of furan rings is 1. The predicted molar refractivity (Wildman–Crippen MR) is 213 cm³/mol. The maximum Gasteiger partial charge on any atom is 0.360 e. The van der Waals surface area contributed by atoms with Gasteiger partial charge in [0.1, 0.15) is 35.0 Å². The number of esters is 1. The van der Waals surface area contributed by atoms with Gasteiger partial charge in [-0.15, -0.1) is 0 Å². The van der Waals surface area contributed by atoms with E-state index in [1.807, 2.05) is 56.3 Å². The number of rotatable bonds is 16. The number of carbonyl (C=O) groups is 2. The second-order valence-electron chi connectivity index (χ2n) is 15.2. The molecular formula is C41H50N2O9Si2. The number of ether oxygens (including phenoxy) is 2. The smallest absolute Gasteiger partial charge is 0.360 e. The van der Waals surface area contributed by atoms with Crippen molar-refractivity contribution >= 4 is 56.1 Å². The van der Waals surface area contributed by atoms with Crippen LogP contribution in [0.1, 0.15) is 40.2 Å². The minimum atomic E-state index is -2.01. The Kier molecular flexibility index (Phi) is 11.3. The maximum absolute atomic E-state index is 13.9. The van der Waals surface area contributed by atoms with Crippen LogP contribution in [0, 0.1) is 22.0 Å². The molecule has 4 aromatic rings. The number of amides is 1. The Morgan fingerprint density at radius 1 is 1.02 bits per heavy atom. The van der Waals surface area contributed by atoms with Crippen molar-refractivity contribution in [1.29, 1.82) is 0 Å². The second kappa shape index (κ2) is 15.7. The summed E-state index contributed by atoms with van der Waals surface area (Å²) in [4.78, 5) is 40.0. The summed E-state index contributed by atoms with van der Waals surface area (Å²) >= 11 is 0. The molecule has 13 heteroatoms. The van der Waals surface area contributed by atoms with E-state index >= 15 is 0 Å². The number of fused-ring (bicyclic) bond motifs is 4. The van der Waals surface area contributed by atoms with E-state index in [4.69, 9.17) is 22.7 Å². The average molecular weight is 771 g/mol. The molecule has 2 aliphatic heterocycles. The van der Waals surface area contributed by atoms with Crippen LogP contribution in [0.5, 0.6) is 11.5 Å². The monoisotopic (exact) mass is 770 g/mol. The van der Waals surface area contributed by atoms with Crippen LogP contribution in [0.2, 0.25) is 37.8 Å². The lowest BCUT2D eigenvalue weighted by Crippen LogP contribution is -2.65. The topological polar surface area (TPSA) is 131 Å². The van der Waals surface area contributed by atoms with Gasteiger partial charge in [-0.1, -0.05) is 45.9 Å². The standard InChI is InChI=1S/C41H50N2O9Si2/c1-9-54(10-2,11-3)52-27(5)36-38-26(4)31(39(42(38)40(36)44)41(45)50-30-20-18-29(19-21-30)43(46)47)14-13-23-48-33-15-12-16-34-37(33)32-22-17-28(24-35(32)51-34)25-49-53(6,7)8/h12-22,24,26-27,36,38H,9-11,23,25H2,1-8H3/b14-13+/t26-,27+,36+,38+/m0/s1. The third kappa shape index (κ3) is 7.68. The van der Waals surface area contributed by atoms with Crippen molar-refractivity contribution in [2.24, 2.45) is 11.8 Å². The molecule has 1 aromatic heterocycles. The first-order valence-corrected chi connectivity index (χ1v) is 24.7. The molecule has 286 valence electrons. The Balaban J connectivity index is 1.25. The van der Waals surface area contributed by atoms with Gasteiger partial charge in [0, 0.05) is 23.4 Å². The highest BCUT2D eigenvalue weighted by molar-refractivity contribution is 6.73. The molecule has 0 bridgehead atoms. The first-order valence-electron chi connectivity index (χ1n) is 18.8. The number of hydrogen-bond donors (Lipinski definition) is 0. The number of nitro benzene ring substituents is 1. The Morgan fingerprint density at radius 3 is 2.37 bits per heavy atom. The van der Waals surface area contributed by atoms with Crippen molar-refractivity contribution in [2.75, 3.05) is 6.61 Å². The Morgan fingerprint density at radius 2 is 1.72 bits per heavy atom. The summed E-state index contributed by atoms with van der Waals surface area (Å²) in [6.07, 6.45) is 3.37. The van der Waals surface area contributed by atoms with Gasteiger partial charge in [0.15, 0.2) is 16.6 Å². The summed E-state index contributed by atoms with van der Waals surface area (Å²) in [5.74, 6) is -0.680. The highest BCUT2D eigenvalue weighted by Gasteiger charge is 2.60. The van der Waals surface area contributed by atoms with E-state index < -0.39 is 33.4 Å². The highest BCUT2D eigenvalue weighted by Crippen LogP contribution is 2.49. The van der Waals surface area contributed by atoms with Gasteiger partial charge in [-0.3, -0.25) is 14.9 Å². The summed E-state index contributed by atoms with van der Waals surface area (Å²) in [6.45, 7) is 17.7. The van der Waals surface area contributed by atoms with Crippen LogP contribution < -0.4 is 9.47 Å². The fourth-order valence-electron chi connectivity index (χ4n) is 7.71. The van der Waals surface area contributed by atoms with Crippen molar-refractivity contribution < 1.29 is 37.3 Å². The molecule has 1 fully saturated rings. The van der Waals surface area contributed by atoms with Crippen molar-refractivity contribution in [3.05, 3.63) is 99.8 Å². The number of hydrogen-bond acceptors (Lipinski definition) is 9. The van der Waals surface area contributed by atoms with E-state index in [2.05, 4.69) is 46.5 Å². The lowest BCUT2D eigenvalue weighted by Gasteiger charge is -2.49. The van der Waals surface area contributed by atoms with E-state index in [9.17, 15) is 19.7 Å². The minimum Gasteiger partial charge on any atom is -0.489 e. The minimum absolute atomic E-state index is 0.122. The molecule has 0 saturated carbocycles. The first-order chi connectivity index (χ1) is 25.7. The van der Waals surface area contributed by atoms with Gasteiger partial charge in [-0.25, -0.2) is 4.79 Å². The van der Waals surface area contributed by atoms with Gasteiger partial charge in [0.25, 0.3) is 5.69 Å². The number of carbonyl (C=O) groups excluding carboxylic acids is 2. The predicted octanol–water partition coefficient (Wildman–Crippen LogP) is 9.53. The van der Waals surface area contributed by atoms with Crippen molar-refractivity contribution in [3.8, 4) is 11.5 Å². The Bertz CT molecular complexity index is 2110. The van der Waals surface area contributed by atoms with Crippen LogP contribution >= 0.6 is 0 Å². The van der Waals surface area contributed by atoms with Crippen LogP contribution in [0.4, 0.5) is 5.69 Å². The summed E-state index contributed by atoms with van der Waals surface area (Å²) in [7, 11) is -3.68. The number of β-lactam (4-membered cyclic amide) rings is 1. The molecule has 0 aliphatic carbocycles. The summed E-state index contributed by atoms with van der Waals surface area (Å²) in [6, 6.07) is 19.7. The van der Waals surface area contributed by atoms with Gasteiger partial charge in [-0.2, -0.15) is 0 Å². The molecule has 54 heavy (non-hydrogen) atoms. The van der Waals surface area contributed by atoms with Gasteiger partial charge < -0.3 is 27.6 Å². The highest BCUT2D eigenvalue weighted by atomic mass is 28.4. The summed E-state index contributed by atoms with van der Waals surface area (Å²) in [5.41, 5.74) is 3.22. The molecule has 6 rings (SSSR count). The zero-order valence-electron chi connectivity index (χ0n) is 32.3. The van der Waals surface area contributed by atoms with Gasteiger partial charge >= 0.3 is 5.97 Å². The number of non-ortho nitro benzene ring substituents is 1. The van der Waals surface area contributed by atoms with E-state index in [-0.39, 0.29) is 47.7 Å². The van der Waals surface area contributed by atoms with Crippen LogP contribution in [0.3, 0.4) is 0 Å². The van der Waals surface area contributed by atoms with Crippen LogP contribution in [-0.2, 0) is 25.0 Å². The maximum atomic E-state index is 13.9. The molecule has 0 radical (unpaired) electrons. The van der Waals surface area contributed by atoms with Gasteiger partial charge in [0.05, 0.1) is 35.0 Å². The summed E-state index contributed by atoms with van der Waals surface area (Å²) in [5, 5.41) is 13.0. The Labute approximate surface area is 318 Å². The third-order valence-corrected chi connectivity index (χ3v) is 16.6. The van der Waals surface area contributed by atoms with Gasteiger partial charge in [0.2, 0.25) is 5.91 Å². The summed E-state index contributed by atoms with van der Waals surface area (Å²) < 4.78 is 31.1. The van der Waals surface area contributed by atoms with Crippen molar-refractivity contribution in [1.82, 2.24) is 4.90 Å². The lowest BCUT2D eigenvalue weighted by atomic mass is 9.77. The number of allylic oxidation sites excluding steroid dienone is 1. The zero-order chi connectivity index (χ0) is 38.9. The molecular weight excluding hydrogens is 721 g/mol. The molecule has 0 N–H and O–H groups in total. The van der Waals surface area contributed by atoms with Crippen LogP contribution in [0.15, 0.2) is 88.5 Å². The first kappa shape index (κ1) is 39.1. The zero-order valence-corrected chi connectivity index (χ0v) is 34.3. The molecule has 0 unspecified atom stereocenters. The van der Waals surface area contributed by atoms with Crippen molar-refractivity contribution in [3.63, 3.8) is 0 Å². The Hall–Kier alpha value is -4.57. The van der Waals surface area contributed by atoms with Crippen molar-refractivity contribution in [2.45, 2.75) is 91.1 Å². The van der Waals surface area contributed by atoms with E-state index in [1.165, 1.54) is 24.3 Å². The third-order valence-electron chi connectivity index (χ3n) is 10.9. The van der Waals surface area contributed by atoms with E-state index in [1.54, 1.807) is 4.90 Å². The van der Waals surface area contributed by atoms with E-state index in [0.717, 1.165) is 40.1 Å². The fourth-order valence-corrected chi connectivity index (χ4v) is 11.2. The van der Waals surface area contributed by atoms with Crippen LogP contribution in [-0.4, -0.2) is 57.1 Å². The largest absolute Gasteiger partial charge is 0.489 e. The number of nitrogens with zero attached hydrogens (tertiary/aromatic N) is 2. The molecule has 0 spiro atoms. The quantitative estimate of drug-likeness (QED) is 0.0273. The molecule has 4 atom stereocenters. The lowest BCUT2D eigenvalue weighted by molar-refractivity contribution is -0.384. The number of nitro groups is 1. The fraction of sp³-hybridized carbons (Fsp3) is 0.415. The SMILES string of the molecule is CC[Si](CC)(CC)O[C@H](C)[C@H]1C(=O)N2C(C(=O)Oc3ccc([N+](=O)[O-])cc3)=C(/C=C/COc3cccc4oc5cc(CO[Si](C)(C)C)ccc5c34)[C@H](C)[C@H]12. The molecule has 1 amide bonds. The molecule has 3 aromatic carbocycles. The molecule has 1 saturated heterocycles. The number of benzene rings is 3. The van der Waals surface area contributed by atoms with E-state index in [0.29, 0.717) is 23.5 Å². The second-order valence-corrected chi connectivity index (χ2v) is 24.4. The molecule has 3 heterocycles.